The molecule has 0 aromatic heterocycles. The van der Waals surface area contributed by atoms with E-state index in [2.05, 4.69) is 22.5 Å². The van der Waals surface area contributed by atoms with Crippen molar-refractivity contribution in [3.63, 3.8) is 0 Å². The second kappa shape index (κ2) is 8.64. The summed E-state index contributed by atoms with van der Waals surface area (Å²) in [6.45, 7) is 6.61. The topological polar surface area (TPSA) is 53.6 Å². The van der Waals surface area contributed by atoms with Crippen LogP contribution in [0.15, 0.2) is 30.3 Å². The molecule has 1 amide bonds. The molecule has 116 valence electrons. The molecule has 1 aliphatic rings. The van der Waals surface area contributed by atoms with Crippen molar-refractivity contribution in [2.75, 3.05) is 39.3 Å². The summed E-state index contributed by atoms with van der Waals surface area (Å²) in [6, 6.07) is 10.2. The average molecular weight is 291 g/mol. The summed E-state index contributed by atoms with van der Waals surface area (Å²) in [4.78, 5) is 14.2. The smallest absolute Gasteiger partial charge is 0.234 e. The lowest BCUT2D eigenvalue weighted by Gasteiger charge is -2.37. The molecule has 1 aromatic rings. The van der Waals surface area contributed by atoms with Gasteiger partial charge in [-0.15, -0.1) is 0 Å². The first-order valence-corrected chi connectivity index (χ1v) is 7.69. The maximum atomic E-state index is 12.0. The van der Waals surface area contributed by atoms with Gasteiger partial charge in [0.05, 0.1) is 13.1 Å². The number of rotatable bonds is 9. The number of ether oxygens (including phenoxy) is 1. The first kappa shape index (κ1) is 15.8. The highest BCUT2D eigenvalue weighted by Gasteiger charge is 2.25. The molecule has 0 saturated carbocycles. The second-order valence-corrected chi connectivity index (χ2v) is 5.29. The van der Waals surface area contributed by atoms with E-state index in [1.165, 1.54) is 0 Å². The lowest BCUT2D eigenvalue weighted by Crippen LogP contribution is -2.59. The van der Waals surface area contributed by atoms with E-state index in [-0.39, 0.29) is 5.91 Å². The number of carbonyl (C=O) groups excluding carboxylic acids is 1. The van der Waals surface area contributed by atoms with E-state index in [9.17, 15) is 4.79 Å². The number of nitrogens with one attached hydrogen (secondary N) is 2. The van der Waals surface area contributed by atoms with Crippen molar-refractivity contribution in [3.8, 4) is 5.75 Å². The highest BCUT2D eigenvalue weighted by Crippen LogP contribution is 2.07. The summed E-state index contributed by atoms with van der Waals surface area (Å²) >= 11 is 0. The van der Waals surface area contributed by atoms with Gasteiger partial charge in [-0.05, 0) is 25.1 Å². The maximum absolute atomic E-state index is 12.0. The molecule has 0 bridgehead atoms. The lowest BCUT2D eigenvalue weighted by molar-refractivity contribution is -0.123. The Morgan fingerprint density at radius 3 is 2.76 bits per heavy atom. The molecule has 1 fully saturated rings. The fraction of sp³-hybridized carbons (Fsp3) is 0.562. The number of benzene rings is 1. The zero-order valence-corrected chi connectivity index (χ0v) is 12.7. The Labute approximate surface area is 126 Å². The zero-order chi connectivity index (χ0) is 14.9. The van der Waals surface area contributed by atoms with Crippen molar-refractivity contribution in [2.45, 2.75) is 19.4 Å². The molecule has 2 rings (SSSR count). The van der Waals surface area contributed by atoms with E-state index >= 15 is 0 Å². The fourth-order valence-electron chi connectivity index (χ4n) is 2.33. The van der Waals surface area contributed by atoms with Gasteiger partial charge < -0.3 is 15.4 Å². The Bertz CT molecular complexity index is 421. The van der Waals surface area contributed by atoms with Gasteiger partial charge in [0.25, 0.3) is 0 Å². The summed E-state index contributed by atoms with van der Waals surface area (Å²) < 4.78 is 5.55. The fourth-order valence-corrected chi connectivity index (χ4v) is 2.33. The standard InChI is InChI=1S/C16H25N3O2/c1-2-9-19(14-11-17-12-14)13-16(20)18-8-10-21-15-6-4-3-5-7-15/h3-7,14,17H,2,8-13H2,1H3,(H,18,20). The number of nitrogens with zero attached hydrogens (tertiary/aromatic N) is 1. The van der Waals surface area contributed by atoms with Crippen LogP contribution in [0.1, 0.15) is 13.3 Å². The van der Waals surface area contributed by atoms with Gasteiger partial charge in [-0.25, -0.2) is 0 Å². The normalized spacial score (nSPS) is 14.8. The Kier molecular flexibility index (Phi) is 6.50. The SMILES string of the molecule is CCCN(CC(=O)NCCOc1ccccc1)C1CNC1. The van der Waals surface area contributed by atoms with Crippen molar-refractivity contribution in [1.29, 1.82) is 0 Å². The monoisotopic (exact) mass is 291 g/mol. The van der Waals surface area contributed by atoms with Gasteiger partial charge >= 0.3 is 0 Å². The molecule has 21 heavy (non-hydrogen) atoms. The van der Waals surface area contributed by atoms with E-state index in [0.29, 0.717) is 25.7 Å². The van der Waals surface area contributed by atoms with Crippen molar-refractivity contribution in [2.24, 2.45) is 0 Å². The van der Waals surface area contributed by atoms with Crippen LogP contribution in [-0.2, 0) is 4.79 Å². The summed E-state index contributed by atoms with van der Waals surface area (Å²) in [5, 5.41) is 6.17. The Morgan fingerprint density at radius 1 is 1.38 bits per heavy atom. The van der Waals surface area contributed by atoms with Gasteiger partial charge in [0.1, 0.15) is 12.4 Å². The lowest BCUT2D eigenvalue weighted by atomic mass is 10.1. The van der Waals surface area contributed by atoms with Gasteiger partial charge in [0.2, 0.25) is 5.91 Å². The quantitative estimate of drug-likeness (QED) is 0.663. The van der Waals surface area contributed by atoms with Gasteiger partial charge in [-0.2, -0.15) is 0 Å². The molecule has 0 aliphatic carbocycles. The number of hydrogen-bond acceptors (Lipinski definition) is 4. The molecular formula is C16H25N3O2. The summed E-state index contributed by atoms with van der Waals surface area (Å²) in [7, 11) is 0. The van der Waals surface area contributed by atoms with Crippen molar-refractivity contribution in [1.82, 2.24) is 15.5 Å². The second-order valence-electron chi connectivity index (χ2n) is 5.29. The third kappa shape index (κ3) is 5.36. The molecule has 0 spiro atoms. The largest absolute Gasteiger partial charge is 0.492 e. The summed E-state index contributed by atoms with van der Waals surface area (Å²) in [5.41, 5.74) is 0. The minimum Gasteiger partial charge on any atom is -0.492 e. The maximum Gasteiger partial charge on any atom is 0.234 e. The molecule has 5 nitrogen and oxygen atoms in total. The Morgan fingerprint density at radius 2 is 2.14 bits per heavy atom. The van der Waals surface area contributed by atoms with Crippen LogP contribution in [0.4, 0.5) is 0 Å². The highest BCUT2D eigenvalue weighted by atomic mass is 16.5. The number of amides is 1. The van der Waals surface area contributed by atoms with E-state index in [4.69, 9.17) is 4.74 Å². The molecule has 1 saturated heterocycles. The number of hydrogen-bond donors (Lipinski definition) is 2. The van der Waals surface area contributed by atoms with Crippen molar-refractivity contribution >= 4 is 5.91 Å². The van der Waals surface area contributed by atoms with Gasteiger partial charge in [-0.1, -0.05) is 25.1 Å². The number of carbonyl (C=O) groups is 1. The molecule has 1 aromatic carbocycles. The van der Waals surface area contributed by atoms with Crippen LogP contribution in [0.25, 0.3) is 0 Å². The number of para-hydroxylation sites is 1. The van der Waals surface area contributed by atoms with Crippen LogP contribution in [0, 0.1) is 0 Å². The first-order chi connectivity index (χ1) is 10.3. The molecule has 0 radical (unpaired) electrons. The van der Waals surface area contributed by atoms with Crippen LogP contribution in [0.2, 0.25) is 0 Å². The van der Waals surface area contributed by atoms with E-state index in [0.717, 1.165) is 31.8 Å². The molecule has 0 atom stereocenters. The van der Waals surface area contributed by atoms with Gasteiger partial charge in [-0.3, -0.25) is 9.69 Å². The van der Waals surface area contributed by atoms with Crippen LogP contribution in [0.3, 0.4) is 0 Å². The molecule has 1 aliphatic heterocycles. The predicted molar refractivity (Wildman–Crippen MR) is 83.5 cm³/mol. The Hall–Kier alpha value is -1.59. The molecule has 2 N–H and O–H groups in total. The third-order valence-electron chi connectivity index (χ3n) is 3.57. The van der Waals surface area contributed by atoms with E-state index < -0.39 is 0 Å². The van der Waals surface area contributed by atoms with Crippen LogP contribution < -0.4 is 15.4 Å². The summed E-state index contributed by atoms with van der Waals surface area (Å²) in [6.07, 6.45) is 1.07. The molecule has 5 heteroatoms. The van der Waals surface area contributed by atoms with Crippen LogP contribution >= 0.6 is 0 Å². The highest BCUT2D eigenvalue weighted by molar-refractivity contribution is 5.78. The first-order valence-electron chi connectivity index (χ1n) is 7.69. The third-order valence-corrected chi connectivity index (χ3v) is 3.57. The minimum atomic E-state index is 0.0759. The minimum absolute atomic E-state index is 0.0759. The van der Waals surface area contributed by atoms with Crippen LogP contribution in [-0.4, -0.2) is 56.2 Å². The average Bonchev–Trinajstić information content (AvgIpc) is 2.43. The van der Waals surface area contributed by atoms with Gasteiger partial charge in [0, 0.05) is 19.1 Å². The van der Waals surface area contributed by atoms with Gasteiger partial charge in [0.15, 0.2) is 0 Å². The van der Waals surface area contributed by atoms with E-state index in [1.54, 1.807) is 0 Å². The van der Waals surface area contributed by atoms with Crippen molar-refractivity contribution < 1.29 is 9.53 Å². The van der Waals surface area contributed by atoms with Crippen LogP contribution in [0.5, 0.6) is 5.75 Å². The molecule has 0 unspecified atom stereocenters. The zero-order valence-electron chi connectivity index (χ0n) is 12.7. The predicted octanol–water partition coefficient (Wildman–Crippen LogP) is 0.865. The molecular weight excluding hydrogens is 266 g/mol. The van der Waals surface area contributed by atoms with Crippen molar-refractivity contribution in [3.05, 3.63) is 30.3 Å². The van der Waals surface area contributed by atoms with E-state index in [1.807, 2.05) is 30.3 Å². The Balaban J connectivity index is 1.62. The molecule has 1 heterocycles. The summed E-state index contributed by atoms with van der Waals surface area (Å²) in [5.74, 6) is 0.909.